The van der Waals surface area contributed by atoms with Crippen molar-refractivity contribution in [3.63, 3.8) is 0 Å². The standard InChI is InChI=1S/C23H28BNO3/c1-23(2)20-13-11-18(12-14-22(26)19-9-6-5-7-10-19)17-21(20)24(28-23)27-16-8-15-25(3)4/h5-7,9-14,17H,8,15-16H2,1-4H3/b14-12+. The van der Waals surface area contributed by atoms with Crippen molar-refractivity contribution in [3.05, 3.63) is 71.3 Å². The molecule has 0 aromatic heterocycles. The second-order valence-electron chi connectivity index (χ2n) is 7.90. The van der Waals surface area contributed by atoms with Gasteiger partial charge in [0.15, 0.2) is 5.78 Å². The molecule has 0 spiro atoms. The third-order valence-electron chi connectivity index (χ3n) is 4.88. The van der Waals surface area contributed by atoms with Crippen LogP contribution in [0.5, 0.6) is 0 Å². The summed E-state index contributed by atoms with van der Waals surface area (Å²) in [6.45, 7) is 5.74. The van der Waals surface area contributed by atoms with Crippen LogP contribution in [0.25, 0.3) is 6.08 Å². The number of hydrogen-bond donors (Lipinski definition) is 0. The molecule has 2 aromatic carbocycles. The molecule has 3 rings (SSSR count). The summed E-state index contributed by atoms with van der Waals surface area (Å²) in [4.78, 5) is 14.5. The number of hydrogen-bond acceptors (Lipinski definition) is 4. The molecule has 0 bridgehead atoms. The number of fused-ring (bicyclic) bond motifs is 1. The summed E-state index contributed by atoms with van der Waals surface area (Å²) >= 11 is 0. The fourth-order valence-electron chi connectivity index (χ4n) is 3.39. The lowest BCUT2D eigenvalue weighted by atomic mass is 9.77. The molecule has 0 fully saturated rings. The number of allylic oxidation sites excluding steroid dienone is 1. The van der Waals surface area contributed by atoms with Crippen molar-refractivity contribution in [1.29, 1.82) is 0 Å². The Bertz CT molecular complexity index is 846. The fourth-order valence-corrected chi connectivity index (χ4v) is 3.39. The topological polar surface area (TPSA) is 38.8 Å². The van der Waals surface area contributed by atoms with Crippen LogP contribution >= 0.6 is 0 Å². The third kappa shape index (κ3) is 4.99. The predicted molar refractivity (Wildman–Crippen MR) is 115 cm³/mol. The summed E-state index contributed by atoms with van der Waals surface area (Å²) in [5.74, 6) is -0.00540. The van der Waals surface area contributed by atoms with Gasteiger partial charge in [-0.3, -0.25) is 4.79 Å². The molecule has 1 heterocycles. The summed E-state index contributed by atoms with van der Waals surface area (Å²) in [6.07, 6.45) is 4.42. The van der Waals surface area contributed by atoms with E-state index in [0.29, 0.717) is 12.2 Å². The quantitative estimate of drug-likeness (QED) is 0.306. The largest absolute Gasteiger partial charge is 0.494 e. The molecule has 28 heavy (non-hydrogen) atoms. The summed E-state index contributed by atoms with van der Waals surface area (Å²) < 4.78 is 12.2. The summed E-state index contributed by atoms with van der Waals surface area (Å²) in [5, 5.41) is 0. The Morgan fingerprint density at radius 3 is 2.64 bits per heavy atom. The highest BCUT2D eigenvalue weighted by Crippen LogP contribution is 2.31. The van der Waals surface area contributed by atoms with Crippen LogP contribution in [0.3, 0.4) is 0 Å². The second kappa shape index (κ2) is 8.86. The number of carbonyl (C=O) groups excluding carboxylic acids is 1. The zero-order chi connectivity index (χ0) is 20.1. The first kappa shape index (κ1) is 20.5. The lowest BCUT2D eigenvalue weighted by molar-refractivity contribution is 0.0834. The highest BCUT2D eigenvalue weighted by Gasteiger charge is 2.42. The molecule has 1 aliphatic rings. The van der Waals surface area contributed by atoms with Crippen molar-refractivity contribution in [3.8, 4) is 0 Å². The van der Waals surface area contributed by atoms with E-state index >= 15 is 0 Å². The van der Waals surface area contributed by atoms with Gasteiger partial charge in [0.2, 0.25) is 0 Å². The van der Waals surface area contributed by atoms with Gasteiger partial charge >= 0.3 is 7.12 Å². The summed E-state index contributed by atoms with van der Waals surface area (Å²) in [7, 11) is 3.74. The van der Waals surface area contributed by atoms with Crippen molar-refractivity contribution >= 4 is 24.4 Å². The zero-order valence-electron chi connectivity index (χ0n) is 17.1. The van der Waals surface area contributed by atoms with Crippen molar-refractivity contribution < 1.29 is 14.1 Å². The number of ketones is 1. The molecule has 5 heteroatoms. The number of benzene rings is 2. The van der Waals surface area contributed by atoms with Crippen LogP contribution < -0.4 is 5.46 Å². The first-order chi connectivity index (χ1) is 13.4. The Labute approximate surface area is 168 Å². The molecule has 0 N–H and O–H groups in total. The molecule has 0 aliphatic carbocycles. The van der Waals surface area contributed by atoms with Gasteiger partial charge < -0.3 is 14.2 Å². The highest BCUT2D eigenvalue weighted by molar-refractivity contribution is 6.63. The van der Waals surface area contributed by atoms with Gasteiger partial charge in [0, 0.05) is 12.2 Å². The van der Waals surface area contributed by atoms with E-state index in [9.17, 15) is 4.79 Å². The fraction of sp³-hybridized carbons (Fsp3) is 0.348. The molecule has 0 atom stereocenters. The molecular formula is C23H28BNO3. The zero-order valence-corrected chi connectivity index (χ0v) is 17.1. The van der Waals surface area contributed by atoms with Crippen LogP contribution in [-0.2, 0) is 14.9 Å². The van der Waals surface area contributed by atoms with E-state index in [1.54, 1.807) is 6.08 Å². The number of nitrogens with zero attached hydrogens (tertiary/aromatic N) is 1. The molecule has 0 saturated heterocycles. The van der Waals surface area contributed by atoms with E-state index in [-0.39, 0.29) is 18.5 Å². The predicted octanol–water partition coefficient (Wildman–Crippen LogP) is 3.51. The molecule has 0 saturated carbocycles. The number of carbonyl (C=O) groups is 1. The molecule has 2 aromatic rings. The smallest absolute Gasteiger partial charge is 0.407 e. The van der Waals surface area contributed by atoms with Crippen molar-refractivity contribution in [2.75, 3.05) is 27.2 Å². The maximum absolute atomic E-state index is 12.3. The van der Waals surface area contributed by atoms with Gasteiger partial charge in [-0.1, -0.05) is 54.6 Å². The minimum atomic E-state index is -0.385. The van der Waals surface area contributed by atoms with Gasteiger partial charge in [-0.25, -0.2) is 0 Å². The van der Waals surface area contributed by atoms with Gasteiger partial charge in [0.05, 0.1) is 5.60 Å². The van der Waals surface area contributed by atoms with E-state index in [1.165, 1.54) is 0 Å². The highest BCUT2D eigenvalue weighted by atomic mass is 16.6. The normalized spacial score (nSPS) is 15.4. The van der Waals surface area contributed by atoms with Crippen molar-refractivity contribution in [2.24, 2.45) is 0 Å². The molecule has 1 aliphatic heterocycles. The maximum Gasteiger partial charge on any atom is 0.494 e. The summed E-state index contributed by atoms with van der Waals surface area (Å²) in [6, 6.07) is 15.4. The molecule has 0 unspecified atom stereocenters. The van der Waals surface area contributed by atoms with Crippen LogP contribution in [0.15, 0.2) is 54.6 Å². The van der Waals surface area contributed by atoms with Gasteiger partial charge in [-0.05, 0) is 63.6 Å². The Balaban J connectivity index is 1.73. The minimum Gasteiger partial charge on any atom is -0.407 e. The molecule has 0 radical (unpaired) electrons. The van der Waals surface area contributed by atoms with E-state index in [4.69, 9.17) is 9.31 Å². The SMILES string of the molecule is CN(C)CCCOB1OC(C)(C)c2ccc(/C=C/C(=O)c3ccccc3)cc21. The van der Waals surface area contributed by atoms with Gasteiger partial charge in [-0.15, -0.1) is 0 Å². The molecular weight excluding hydrogens is 349 g/mol. The van der Waals surface area contributed by atoms with Crippen LogP contribution in [0.1, 0.15) is 41.8 Å². The van der Waals surface area contributed by atoms with E-state index in [0.717, 1.165) is 29.6 Å². The second-order valence-corrected chi connectivity index (χ2v) is 7.90. The van der Waals surface area contributed by atoms with Gasteiger partial charge in [-0.2, -0.15) is 0 Å². The lowest BCUT2D eigenvalue weighted by Crippen LogP contribution is -2.34. The molecule has 4 nitrogen and oxygen atoms in total. The Morgan fingerprint density at radius 2 is 1.93 bits per heavy atom. The Hall–Kier alpha value is -2.21. The van der Waals surface area contributed by atoms with Gasteiger partial charge in [0.25, 0.3) is 0 Å². The Kier molecular flexibility index (Phi) is 6.50. The lowest BCUT2D eigenvalue weighted by Gasteiger charge is -2.20. The van der Waals surface area contributed by atoms with Crippen molar-refractivity contribution in [2.45, 2.75) is 25.9 Å². The van der Waals surface area contributed by atoms with Gasteiger partial charge in [0.1, 0.15) is 0 Å². The monoisotopic (exact) mass is 377 g/mol. The third-order valence-corrected chi connectivity index (χ3v) is 4.88. The van der Waals surface area contributed by atoms with E-state index in [1.807, 2.05) is 42.5 Å². The van der Waals surface area contributed by atoms with E-state index in [2.05, 4.69) is 45.0 Å². The average molecular weight is 377 g/mol. The van der Waals surface area contributed by atoms with Crippen LogP contribution in [0.4, 0.5) is 0 Å². The molecule has 0 amide bonds. The average Bonchev–Trinajstić information content (AvgIpc) is 2.93. The van der Waals surface area contributed by atoms with E-state index < -0.39 is 0 Å². The molecule has 146 valence electrons. The van der Waals surface area contributed by atoms with Crippen LogP contribution in [0, 0.1) is 0 Å². The first-order valence-electron chi connectivity index (χ1n) is 9.73. The van der Waals surface area contributed by atoms with Crippen molar-refractivity contribution in [1.82, 2.24) is 4.90 Å². The maximum atomic E-state index is 12.3. The number of rotatable bonds is 8. The van der Waals surface area contributed by atoms with Crippen LogP contribution in [0.2, 0.25) is 0 Å². The Morgan fingerprint density at radius 1 is 1.18 bits per heavy atom. The first-order valence-corrected chi connectivity index (χ1v) is 9.73. The minimum absolute atomic E-state index is 0.00540. The summed E-state index contributed by atoms with van der Waals surface area (Å²) in [5.41, 5.74) is 3.45. The van der Waals surface area contributed by atoms with Crippen LogP contribution in [-0.4, -0.2) is 45.0 Å².